The number of hydrogen-bond acceptors (Lipinski definition) is 2. The van der Waals surface area contributed by atoms with E-state index in [9.17, 15) is 13.2 Å². The third-order valence-corrected chi connectivity index (χ3v) is 8.05. The Morgan fingerprint density at radius 3 is 2.03 bits per heavy atom. The summed E-state index contributed by atoms with van der Waals surface area (Å²) in [5.74, 6) is 1.83. The fraction of sp³-hybridized carbons (Fsp3) is 0.786. The van der Waals surface area contributed by atoms with Crippen LogP contribution in [0.5, 0.6) is 11.5 Å². The average molecular weight is 469 g/mol. The molecule has 5 heteroatoms. The molecule has 0 heterocycles. The molecule has 33 heavy (non-hydrogen) atoms. The van der Waals surface area contributed by atoms with Crippen LogP contribution in [0.15, 0.2) is 6.07 Å². The number of ether oxygens (including phenoxy) is 2. The highest BCUT2D eigenvalue weighted by atomic mass is 19.3. The molecule has 0 aromatic heterocycles. The first-order chi connectivity index (χ1) is 15.9. The van der Waals surface area contributed by atoms with E-state index in [1.807, 2.05) is 0 Å². The van der Waals surface area contributed by atoms with Crippen molar-refractivity contribution >= 4 is 0 Å². The highest BCUT2D eigenvalue weighted by molar-refractivity contribution is 5.48. The highest BCUT2D eigenvalue weighted by Gasteiger charge is 2.32. The first-order valence-corrected chi connectivity index (χ1v) is 13.3. The summed E-state index contributed by atoms with van der Waals surface area (Å²) in [5, 5.41) is 0. The fourth-order valence-electron chi connectivity index (χ4n) is 6.08. The number of hydrogen-bond donors (Lipinski definition) is 0. The molecule has 2 nitrogen and oxygen atoms in total. The number of unbranched alkanes of at least 4 members (excludes halogenated alkanes) is 2. The smallest absolute Gasteiger partial charge is 0.270 e. The SMILES string of the molecule is CCCCCC1CCC(C2CCC(COc3c(C)cc(OCC)c(F)c3C(F)F)CC2)CC1. The van der Waals surface area contributed by atoms with E-state index < -0.39 is 17.8 Å². The minimum absolute atomic E-state index is 0.00512. The molecule has 1 aromatic carbocycles. The van der Waals surface area contributed by atoms with Gasteiger partial charge in [0, 0.05) is 0 Å². The van der Waals surface area contributed by atoms with Gasteiger partial charge in [-0.15, -0.1) is 0 Å². The van der Waals surface area contributed by atoms with E-state index in [1.54, 1.807) is 13.8 Å². The second kappa shape index (κ2) is 12.9. The molecule has 0 unspecified atom stereocenters. The van der Waals surface area contributed by atoms with Gasteiger partial charge in [0.25, 0.3) is 6.43 Å². The van der Waals surface area contributed by atoms with Gasteiger partial charge in [0.05, 0.1) is 18.8 Å². The zero-order valence-corrected chi connectivity index (χ0v) is 20.8. The zero-order chi connectivity index (χ0) is 23.8. The van der Waals surface area contributed by atoms with E-state index in [-0.39, 0.29) is 18.1 Å². The summed E-state index contributed by atoms with van der Waals surface area (Å²) < 4.78 is 52.9. The first kappa shape index (κ1) is 26.2. The maximum Gasteiger partial charge on any atom is 0.270 e. The molecule has 0 saturated heterocycles. The van der Waals surface area contributed by atoms with Crippen LogP contribution in [0.1, 0.15) is 108 Å². The van der Waals surface area contributed by atoms with Crippen molar-refractivity contribution < 1.29 is 22.6 Å². The van der Waals surface area contributed by atoms with Crippen LogP contribution in [0, 0.1) is 36.4 Å². The summed E-state index contributed by atoms with van der Waals surface area (Å²) in [5.41, 5.74) is -0.164. The molecule has 0 spiro atoms. The first-order valence-electron chi connectivity index (χ1n) is 13.3. The normalized spacial score (nSPS) is 25.9. The molecule has 0 atom stereocenters. The fourth-order valence-corrected chi connectivity index (χ4v) is 6.08. The third-order valence-electron chi connectivity index (χ3n) is 8.05. The second-order valence-electron chi connectivity index (χ2n) is 10.4. The Labute approximate surface area is 198 Å². The van der Waals surface area contributed by atoms with Crippen molar-refractivity contribution in [3.63, 3.8) is 0 Å². The summed E-state index contributed by atoms with van der Waals surface area (Å²) in [6.07, 6.45) is 12.7. The Kier molecular flexibility index (Phi) is 10.2. The Morgan fingerprint density at radius 2 is 1.48 bits per heavy atom. The van der Waals surface area contributed by atoms with Gasteiger partial charge in [-0.25, -0.2) is 13.2 Å². The quantitative estimate of drug-likeness (QED) is 0.302. The van der Waals surface area contributed by atoms with Gasteiger partial charge in [-0.1, -0.05) is 45.4 Å². The van der Waals surface area contributed by atoms with E-state index in [2.05, 4.69) is 6.92 Å². The van der Waals surface area contributed by atoms with Gasteiger partial charge in [0.2, 0.25) is 0 Å². The van der Waals surface area contributed by atoms with Crippen molar-refractivity contribution in [3.05, 3.63) is 23.0 Å². The lowest BCUT2D eigenvalue weighted by molar-refractivity contribution is 0.114. The Hall–Kier alpha value is -1.39. The Morgan fingerprint density at radius 1 is 0.879 bits per heavy atom. The standard InChI is InChI=1S/C28H43F3O2/c1-4-6-7-8-20-9-13-22(14-10-20)23-15-11-21(12-16-23)18-33-27-19(3)17-24(32-5-2)26(29)25(27)28(30)31/h17,20-23,28H,4-16,18H2,1-3H3. The molecule has 0 radical (unpaired) electrons. The number of rotatable bonds is 11. The molecular formula is C28H43F3O2. The molecule has 1 aromatic rings. The van der Waals surface area contributed by atoms with E-state index in [4.69, 9.17) is 9.47 Å². The number of benzene rings is 1. The third kappa shape index (κ3) is 7.05. The van der Waals surface area contributed by atoms with Gasteiger partial charge in [-0.3, -0.25) is 0 Å². The molecular weight excluding hydrogens is 425 g/mol. The predicted molar refractivity (Wildman–Crippen MR) is 128 cm³/mol. The molecule has 0 amide bonds. The number of halogens is 3. The van der Waals surface area contributed by atoms with Crippen LogP contribution in [-0.2, 0) is 0 Å². The van der Waals surface area contributed by atoms with E-state index in [0.717, 1.165) is 30.6 Å². The van der Waals surface area contributed by atoms with Gasteiger partial charge in [-0.2, -0.15) is 0 Å². The van der Waals surface area contributed by atoms with Gasteiger partial charge in [0.15, 0.2) is 11.6 Å². The molecule has 3 rings (SSSR count). The van der Waals surface area contributed by atoms with Crippen LogP contribution in [0.25, 0.3) is 0 Å². The molecule has 0 aliphatic heterocycles. The lowest BCUT2D eigenvalue weighted by Crippen LogP contribution is -2.27. The van der Waals surface area contributed by atoms with Crippen LogP contribution in [0.3, 0.4) is 0 Å². The van der Waals surface area contributed by atoms with Crippen LogP contribution >= 0.6 is 0 Å². The lowest BCUT2D eigenvalue weighted by atomic mass is 9.69. The number of alkyl halides is 2. The molecule has 188 valence electrons. The summed E-state index contributed by atoms with van der Waals surface area (Å²) in [4.78, 5) is 0. The largest absolute Gasteiger partial charge is 0.492 e. The molecule has 2 saturated carbocycles. The summed E-state index contributed by atoms with van der Waals surface area (Å²) >= 11 is 0. The van der Waals surface area contributed by atoms with E-state index in [1.165, 1.54) is 70.3 Å². The maximum atomic E-state index is 14.6. The van der Waals surface area contributed by atoms with E-state index >= 15 is 0 Å². The monoisotopic (exact) mass is 468 g/mol. The topological polar surface area (TPSA) is 18.5 Å². The van der Waals surface area contributed by atoms with Crippen LogP contribution in [0.4, 0.5) is 13.2 Å². The molecule has 2 aliphatic rings. The highest BCUT2D eigenvalue weighted by Crippen LogP contribution is 2.43. The van der Waals surface area contributed by atoms with Crippen molar-refractivity contribution in [3.8, 4) is 11.5 Å². The van der Waals surface area contributed by atoms with Crippen LogP contribution in [0.2, 0.25) is 0 Å². The lowest BCUT2D eigenvalue weighted by Gasteiger charge is -2.38. The van der Waals surface area contributed by atoms with Gasteiger partial charge in [0.1, 0.15) is 5.75 Å². The molecule has 0 N–H and O–H groups in total. The minimum Gasteiger partial charge on any atom is -0.492 e. The van der Waals surface area contributed by atoms with Crippen molar-refractivity contribution in [1.29, 1.82) is 0 Å². The zero-order valence-electron chi connectivity index (χ0n) is 20.8. The molecule has 0 bridgehead atoms. The van der Waals surface area contributed by atoms with Crippen LogP contribution in [-0.4, -0.2) is 13.2 Å². The molecule has 2 fully saturated rings. The van der Waals surface area contributed by atoms with E-state index in [0.29, 0.717) is 18.1 Å². The summed E-state index contributed by atoms with van der Waals surface area (Å²) in [7, 11) is 0. The molecule has 2 aliphatic carbocycles. The van der Waals surface area contributed by atoms with Crippen LogP contribution < -0.4 is 9.47 Å². The van der Waals surface area contributed by atoms with Crippen molar-refractivity contribution in [1.82, 2.24) is 0 Å². The summed E-state index contributed by atoms with van der Waals surface area (Å²) in [6.45, 7) is 6.26. The van der Waals surface area contributed by atoms with Gasteiger partial charge in [-0.05, 0) is 87.7 Å². The number of aryl methyl sites for hydroxylation is 1. The van der Waals surface area contributed by atoms with Gasteiger partial charge >= 0.3 is 0 Å². The Bertz CT molecular complexity index is 720. The van der Waals surface area contributed by atoms with Crippen molar-refractivity contribution in [2.24, 2.45) is 23.7 Å². The van der Waals surface area contributed by atoms with Gasteiger partial charge < -0.3 is 9.47 Å². The predicted octanol–water partition coefficient (Wildman–Crippen LogP) is 9.04. The minimum atomic E-state index is -2.94. The average Bonchev–Trinajstić information content (AvgIpc) is 2.81. The summed E-state index contributed by atoms with van der Waals surface area (Å²) in [6, 6.07) is 1.47. The van der Waals surface area contributed by atoms with Crippen molar-refractivity contribution in [2.75, 3.05) is 13.2 Å². The van der Waals surface area contributed by atoms with Crippen molar-refractivity contribution in [2.45, 2.75) is 104 Å². The second-order valence-corrected chi connectivity index (χ2v) is 10.4. The maximum absolute atomic E-state index is 14.6. The Balaban J connectivity index is 1.48.